The number of urea groups is 1. The molecule has 104 valence electrons. The highest BCUT2D eigenvalue weighted by Gasteiger charge is 2.08. The Labute approximate surface area is 117 Å². The number of carbonyl (C=O) groups excluding carboxylic acids is 2. The first-order chi connectivity index (χ1) is 8.97. The molecule has 0 aliphatic heterocycles. The van der Waals surface area contributed by atoms with E-state index in [4.69, 9.17) is 5.73 Å². The second-order valence-electron chi connectivity index (χ2n) is 4.51. The Hall–Kier alpha value is -1.69. The van der Waals surface area contributed by atoms with Crippen molar-refractivity contribution in [1.29, 1.82) is 0 Å². The molecular formula is C13H19N3O2S. The molecule has 0 saturated carbocycles. The highest BCUT2D eigenvalue weighted by molar-refractivity contribution is 8.00. The third kappa shape index (κ3) is 6.71. The fourth-order valence-electron chi connectivity index (χ4n) is 1.22. The molecule has 0 fully saturated rings. The molecule has 5 nitrogen and oxygen atoms in total. The largest absolute Gasteiger partial charge is 0.399 e. The zero-order valence-corrected chi connectivity index (χ0v) is 11.9. The van der Waals surface area contributed by atoms with Gasteiger partial charge < -0.3 is 11.1 Å². The lowest BCUT2D eigenvalue weighted by molar-refractivity contribution is -0.117. The van der Waals surface area contributed by atoms with E-state index in [0.717, 1.165) is 4.90 Å². The smallest absolute Gasteiger partial charge is 0.321 e. The number of nitrogens with one attached hydrogen (secondary N) is 2. The summed E-state index contributed by atoms with van der Waals surface area (Å²) < 4.78 is 0. The lowest BCUT2D eigenvalue weighted by Crippen LogP contribution is -2.41. The van der Waals surface area contributed by atoms with Crippen molar-refractivity contribution in [2.75, 3.05) is 18.0 Å². The maximum Gasteiger partial charge on any atom is 0.321 e. The van der Waals surface area contributed by atoms with Gasteiger partial charge in [0, 0.05) is 17.1 Å². The predicted molar refractivity (Wildman–Crippen MR) is 78.0 cm³/mol. The first-order valence-corrected chi connectivity index (χ1v) is 7.02. The van der Waals surface area contributed by atoms with Gasteiger partial charge in [0.05, 0.1) is 5.75 Å². The lowest BCUT2D eigenvalue weighted by atomic mass is 10.2. The van der Waals surface area contributed by atoms with Gasteiger partial charge in [-0.3, -0.25) is 10.1 Å². The van der Waals surface area contributed by atoms with Gasteiger partial charge in [0.25, 0.3) is 0 Å². The normalized spacial score (nSPS) is 10.3. The Balaban J connectivity index is 2.27. The molecule has 0 aliphatic rings. The number of hydrogen-bond donors (Lipinski definition) is 3. The minimum atomic E-state index is -0.448. The number of amides is 3. The van der Waals surface area contributed by atoms with Gasteiger partial charge in [-0.15, -0.1) is 11.8 Å². The van der Waals surface area contributed by atoms with Crippen molar-refractivity contribution in [3.63, 3.8) is 0 Å². The number of nitrogen functional groups attached to an aromatic ring is 1. The number of nitrogens with two attached hydrogens (primary N) is 1. The molecule has 0 heterocycles. The SMILES string of the molecule is CC(C)CNC(=O)NC(=O)CSc1ccc(N)cc1. The molecule has 0 atom stereocenters. The average molecular weight is 281 g/mol. The lowest BCUT2D eigenvalue weighted by Gasteiger charge is -2.08. The van der Waals surface area contributed by atoms with Crippen LogP contribution >= 0.6 is 11.8 Å². The van der Waals surface area contributed by atoms with Crippen LogP contribution in [0.1, 0.15) is 13.8 Å². The molecule has 19 heavy (non-hydrogen) atoms. The van der Waals surface area contributed by atoms with Crippen molar-refractivity contribution in [2.24, 2.45) is 5.92 Å². The summed E-state index contributed by atoms with van der Waals surface area (Å²) in [6.45, 7) is 4.52. The number of thioether (sulfide) groups is 1. The summed E-state index contributed by atoms with van der Waals surface area (Å²) in [6.07, 6.45) is 0. The molecule has 4 N–H and O–H groups in total. The molecule has 0 bridgehead atoms. The van der Waals surface area contributed by atoms with Crippen LogP contribution in [-0.2, 0) is 4.79 Å². The summed E-state index contributed by atoms with van der Waals surface area (Å²) in [6, 6.07) is 6.78. The van der Waals surface area contributed by atoms with Gasteiger partial charge in [-0.05, 0) is 30.2 Å². The molecule has 3 amide bonds. The maximum absolute atomic E-state index is 11.5. The molecular weight excluding hydrogens is 262 g/mol. The Bertz CT molecular complexity index is 432. The van der Waals surface area contributed by atoms with Crippen LogP contribution in [0.25, 0.3) is 0 Å². The zero-order chi connectivity index (χ0) is 14.3. The van der Waals surface area contributed by atoms with Crippen molar-refractivity contribution in [2.45, 2.75) is 18.7 Å². The molecule has 6 heteroatoms. The quantitative estimate of drug-likeness (QED) is 0.568. The zero-order valence-electron chi connectivity index (χ0n) is 11.1. The predicted octanol–water partition coefficient (Wildman–Crippen LogP) is 1.84. The summed E-state index contributed by atoms with van der Waals surface area (Å²) in [7, 11) is 0. The second-order valence-corrected chi connectivity index (χ2v) is 5.56. The molecule has 0 radical (unpaired) electrons. The third-order valence-corrected chi connectivity index (χ3v) is 3.19. The summed E-state index contributed by atoms with van der Waals surface area (Å²) in [5.74, 6) is 0.229. The molecule has 1 aromatic rings. The van der Waals surface area contributed by atoms with E-state index in [1.165, 1.54) is 11.8 Å². The van der Waals surface area contributed by atoms with E-state index >= 15 is 0 Å². The summed E-state index contributed by atoms with van der Waals surface area (Å²) in [4.78, 5) is 23.8. The van der Waals surface area contributed by atoms with E-state index in [1.54, 1.807) is 12.1 Å². The summed E-state index contributed by atoms with van der Waals surface area (Å²) >= 11 is 1.36. The highest BCUT2D eigenvalue weighted by atomic mass is 32.2. The second kappa shape index (κ2) is 7.68. The molecule has 0 unspecified atom stereocenters. The van der Waals surface area contributed by atoms with E-state index in [2.05, 4.69) is 10.6 Å². The van der Waals surface area contributed by atoms with Crippen LogP contribution in [0.5, 0.6) is 0 Å². The van der Waals surface area contributed by atoms with Gasteiger partial charge in [-0.1, -0.05) is 13.8 Å². The van der Waals surface area contributed by atoms with Crippen molar-refractivity contribution >= 4 is 29.4 Å². The van der Waals surface area contributed by atoms with Crippen LogP contribution in [0.2, 0.25) is 0 Å². The standard InChI is InChI=1S/C13H19N3O2S/c1-9(2)7-15-13(18)16-12(17)8-19-11-5-3-10(14)4-6-11/h3-6,9H,7-8,14H2,1-2H3,(H2,15,16,17,18). The Morgan fingerprint density at radius 3 is 2.47 bits per heavy atom. The van der Waals surface area contributed by atoms with Gasteiger partial charge in [0.2, 0.25) is 5.91 Å². The van der Waals surface area contributed by atoms with Crippen LogP contribution in [0, 0.1) is 5.92 Å². The Kier molecular flexibility index (Phi) is 6.21. The Morgan fingerprint density at radius 1 is 1.26 bits per heavy atom. The Morgan fingerprint density at radius 2 is 1.89 bits per heavy atom. The minimum Gasteiger partial charge on any atom is -0.399 e. The minimum absolute atomic E-state index is 0.193. The number of rotatable bonds is 5. The van der Waals surface area contributed by atoms with Crippen LogP contribution in [0.4, 0.5) is 10.5 Å². The van der Waals surface area contributed by atoms with Gasteiger partial charge in [-0.25, -0.2) is 4.79 Å². The van der Waals surface area contributed by atoms with E-state index in [0.29, 0.717) is 18.2 Å². The average Bonchev–Trinajstić information content (AvgIpc) is 2.36. The summed E-state index contributed by atoms with van der Waals surface area (Å²) in [5.41, 5.74) is 6.25. The third-order valence-electron chi connectivity index (χ3n) is 2.17. The first kappa shape index (κ1) is 15.4. The van der Waals surface area contributed by atoms with Crippen molar-refractivity contribution in [1.82, 2.24) is 10.6 Å². The van der Waals surface area contributed by atoms with Crippen LogP contribution in [-0.4, -0.2) is 24.2 Å². The molecule has 0 aliphatic carbocycles. The van der Waals surface area contributed by atoms with E-state index in [-0.39, 0.29) is 11.7 Å². The van der Waals surface area contributed by atoms with Gasteiger partial charge >= 0.3 is 6.03 Å². The number of imide groups is 1. The van der Waals surface area contributed by atoms with E-state index < -0.39 is 6.03 Å². The number of benzene rings is 1. The number of carbonyl (C=O) groups is 2. The van der Waals surface area contributed by atoms with E-state index in [9.17, 15) is 9.59 Å². The van der Waals surface area contributed by atoms with Crippen LogP contribution in [0.15, 0.2) is 29.2 Å². The van der Waals surface area contributed by atoms with Crippen LogP contribution < -0.4 is 16.4 Å². The molecule has 1 aromatic carbocycles. The van der Waals surface area contributed by atoms with Crippen molar-refractivity contribution in [3.8, 4) is 0 Å². The first-order valence-electron chi connectivity index (χ1n) is 6.03. The molecule has 1 rings (SSSR count). The van der Waals surface area contributed by atoms with Gasteiger partial charge in [-0.2, -0.15) is 0 Å². The highest BCUT2D eigenvalue weighted by Crippen LogP contribution is 2.18. The van der Waals surface area contributed by atoms with Gasteiger partial charge in [0.15, 0.2) is 0 Å². The molecule has 0 saturated heterocycles. The fourth-order valence-corrected chi connectivity index (χ4v) is 1.92. The van der Waals surface area contributed by atoms with E-state index in [1.807, 2.05) is 26.0 Å². The van der Waals surface area contributed by atoms with Crippen molar-refractivity contribution in [3.05, 3.63) is 24.3 Å². The molecule has 0 spiro atoms. The molecule has 0 aromatic heterocycles. The number of hydrogen-bond acceptors (Lipinski definition) is 4. The fraction of sp³-hybridized carbons (Fsp3) is 0.385. The van der Waals surface area contributed by atoms with Crippen LogP contribution in [0.3, 0.4) is 0 Å². The summed E-state index contributed by atoms with van der Waals surface area (Å²) in [5, 5.41) is 4.90. The maximum atomic E-state index is 11.5. The number of anilines is 1. The van der Waals surface area contributed by atoms with Crippen molar-refractivity contribution < 1.29 is 9.59 Å². The topological polar surface area (TPSA) is 84.2 Å². The van der Waals surface area contributed by atoms with Gasteiger partial charge in [0.1, 0.15) is 0 Å². The monoisotopic (exact) mass is 281 g/mol.